The lowest BCUT2D eigenvalue weighted by Gasteiger charge is -2.50. The highest BCUT2D eigenvalue weighted by Gasteiger charge is 2.46. The van der Waals surface area contributed by atoms with Crippen LogP contribution in [0.4, 0.5) is 0 Å². The van der Waals surface area contributed by atoms with Crippen molar-refractivity contribution in [1.29, 1.82) is 0 Å². The van der Waals surface area contributed by atoms with E-state index in [1.807, 2.05) is 0 Å². The van der Waals surface area contributed by atoms with Crippen molar-refractivity contribution in [3.8, 4) is 0 Å². The van der Waals surface area contributed by atoms with Crippen LogP contribution in [0.2, 0.25) is 0 Å². The van der Waals surface area contributed by atoms with E-state index in [0.717, 1.165) is 17.8 Å². The summed E-state index contributed by atoms with van der Waals surface area (Å²) in [7, 11) is 0. The average Bonchev–Trinajstić information content (AvgIpc) is 2.97. The third kappa shape index (κ3) is 2.68. The van der Waals surface area contributed by atoms with Gasteiger partial charge in [-0.05, 0) is 60.0 Å². The van der Waals surface area contributed by atoms with Gasteiger partial charge in [0.15, 0.2) is 0 Å². The van der Waals surface area contributed by atoms with Crippen molar-refractivity contribution >= 4 is 21.8 Å². The zero-order chi connectivity index (χ0) is 18.5. The first-order chi connectivity index (χ1) is 12.4. The molecule has 1 aliphatic carbocycles. The zero-order valence-corrected chi connectivity index (χ0v) is 17.0. The van der Waals surface area contributed by atoms with E-state index in [4.69, 9.17) is 0 Å². The fourth-order valence-corrected chi connectivity index (χ4v) is 5.79. The summed E-state index contributed by atoms with van der Waals surface area (Å²) in [6, 6.07) is 15.7. The third-order valence-corrected chi connectivity index (χ3v) is 7.19. The molecule has 1 heteroatoms. The van der Waals surface area contributed by atoms with E-state index in [1.165, 1.54) is 46.6 Å². The predicted octanol–water partition coefficient (Wildman–Crippen LogP) is 7.31. The van der Waals surface area contributed by atoms with Crippen LogP contribution in [0.15, 0.2) is 42.5 Å². The van der Waals surface area contributed by atoms with Crippen molar-refractivity contribution in [3.05, 3.63) is 48.0 Å². The van der Waals surface area contributed by atoms with E-state index in [9.17, 15) is 0 Å². The average molecular weight is 348 g/mol. The summed E-state index contributed by atoms with van der Waals surface area (Å²) in [4.78, 5) is 3.77. The molecule has 0 saturated heterocycles. The zero-order valence-electron chi connectivity index (χ0n) is 17.0. The second-order valence-corrected chi connectivity index (χ2v) is 9.49. The molecule has 1 aromatic heterocycles. The number of fused-ring (bicyclic) bond motifs is 3. The van der Waals surface area contributed by atoms with Gasteiger partial charge in [0.05, 0.1) is 5.52 Å². The van der Waals surface area contributed by atoms with Gasteiger partial charge in [-0.15, -0.1) is 0 Å². The maximum absolute atomic E-state index is 3.77. The Morgan fingerprint density at radius 1 is 1.00 bits per heavy atom. The smallest absolute Gasteiger partial charge is 0.0503 e. The monoisotopic (exact) mass is 347 g/mol. The molecule has 1 aliphatic rings. The standard InChI is InChI=1S/C25H33N/c1-16(2)13-19-15-17(3)14-18(4)25(19,5)22-11-8-10-21-20-9-6-7-12-23(20)26-24(21)22/h6-12,16-19,26H,13-15H2,1-5H3. The number of hydrogen-bond acceptors (Lipinski definition) is 0. The first kappa shape index (κ1) is 17.6. The number of para-hydroxylation sites is 2. The minimum absolute atomic E-state index is 0.233. The van der Waals surface area contributed by atoms with E-state index in [-0.39, 0.29) is 5.41 Å². The summed E-state index contributed by atoms with van der Waals surface area (Å²) in [5.41, 5.74) is 4.40. The predicted molar refractivity (Wildman–Crippen MR) is 114 cm³/mol. The number of hydrogen-bond donors (Lipinski definition) is 1. The van der Waals surface area contributed by atoms with Crippen LogP contribution in [0.1, 0.15) is 59.4 Å². The Bertz CT molecular complexity index is 916. The molecule has 4 rings (SSSR count). The van der Waals surface area contributed by atoms with Crippen LogP contribution in [0.3, 0.4) is 0 Å². The molecular formula is C25H33N. The topological polar surface area (TPSA) is 15.8 Å². The largest absolute Gasteiger partial charge is 0.354 e. The molecule has 1 N–H and O–H groups in total. The number of H-pyrrole nitrogens is 1. The van der Waals surface area contributed by atoms with Gasteiger partial charge in [-0.3, -0.25) is 0 Å². The number of nitrogens with one attached hydrogen (secondary N) is 1. The minimum Gasteiger partial charge on any atom is -0.354 e. The van der Waals surface area contributed by atoms with Crippen LogP contribution in [0.25, 0.3) is 21.8 Å². The van der Waals surface area contributed by atoms with Gasteiger partial charge < -0.3 is 4.98 Å². The van der Waals surface area contributed by atoms with Crippen molar-refractivity contribution in [2.24, 2.45) is 23.7 Å². The summed E-state index contributed by atoms with van der Waals surface area (Å²) >= 11 is 0. The molecule has 26 heavy (non-hydrogen) atoms. The Hall–Kier alpha value is -1.76. The summed E-state index contributed by atoms with van der Waals surface area (Å²) in [6.07, 6.45) is 4.01. The Kier molecular flexibility index (Phi) is 4.37. The van der Waals surface area contributed by atoms with Gasteiger partial charge in [0.1, 0.15) is 0 Å². The van der Waals surface area contributed by atoms with Gasteiger partial charge in [-0.25, -0.2) is 0 Å². The second-order valence-electron chi connectivity index (χ2n) is 9.49. The van der Waals surface area contributed by atoms with Gasteiger partial charge in [0.2, 0.25) is 0 Å². The molecule has 0 aliphatic heterocycles. The Labute approximate surface area is 158 Å². The lowest BCUT2D eigenvalue weighted by atomic mass is 9.54. The van der Waals surface area contributed by atoms with Crippen LogP contribution in [0, 0.1) is 23.7 Å². The van der Waals surface area contributed by atoms with Crippen LogP contribution in [-0.2, 0) is 5.41 Å². The van der Waals surface area contributed by atoms with E-state index in [1.54, 1.807) is 0 Å². The van der Waals surface area contributed by atoms with E-state index in [2.05, 4.69) is 82.1 Å². The van der Waals surface area contributed by atoms with Gasteiger partial charge in [-0.1, -0.05) is 71.0 Å². The molecule has 0 radical (unpaired) electrons. The Balaban J connectivity index is 1.93. The van der Waals surface area contributed by atoms with Gasteiger partial charge in [0.25, 0.3) is 0 Å². The minimum atomic E-state index is 0.233. The second kappa shape index (κ2) is 6.44. The van der Waals surface area contributed by atoms with Crippen molar-refractivity contribution in [1.82, 2.24) is 4.98 Å². The summed E-state index contributed by atoms with van der Waals surface area (Å²) in [5.74, 6) is 3.03. The first-order valence-corrected chi connectivity index (χ1v) is 10.4. The molecule has 4 atom stereocenters. The molecule has 2 aromatic carbocycles. The lowest BCUT2D eigenvalue weighted by molar-refractivity contribution is 0.0818. The van der Waals surface area contributed by atoms with Crippen molar-refractivity contribution < 1.29 is 0 Å². The van der Waals surface area contributed by atoms with E-state index in [0.29, 0.717) is 5.92 Å². The number of aromatic amines is 1. The summed E-state index contributed by atoms with van der Waals surface area (Å²) in [6.45, 7) is 12.3. The number of rotatable bonds is 3. The fraction of sp³-hybridized carbons (Fsp3) is 0.520. The highest BCUT2D eigenvalue weighted by Crippen LogP contribution is 2.52. The molecule has 4 unspecified atom stereocenters. The van der Waals surface area contributed by atoms with Crippen LogP contribution >= 0.6 is 0 Å². The molecule has 138 valence electrons. The van der Waals surface area contributed by atoms with Crippen LogP contribution in [0.5, 0.6) is 0 Å². The van der Waals surface area contributed by atoms with Gasteiger partial charge >= 0.3 is 0 Å². The Morgan fingerprint density at radius 2 is 1.73 bits per heavy atom. The molecule has 1 fully saturated rings. The maximum Gasteiger partial charge on any atom is 0.0503 e. The summed E-state index contributed by atoms with van der Waals surface area (Å²) < 4.78 is 0. The fourth-order valence-electron chi connectivity index (χ4n) is 5.79. The van der Waals surface area contributed by atoms with Gasteiger partial charge in [-0.2, -0.15) is 0 Å². The van der Waals surface area contributed by atoms with Crippen LogP contribution in [-0.4, -0.2) is 4.98 Å². The molecule has 3 aromatic rings. The Morgan fingerprint density at radius 3 is 2.50 bits per heavy atom. The molecule has 1 saturated carbocycles. The van der Waals surface area contributed by atoms with Crippen LogP contribution < -0.4 is 0 Å². The van der Waals surface area contributed by atoms with Crippen molar-refractivity contribution in [3.63, 3.8) is 0 Å². The molecule has 1 nitrogen and oxygen atoms in total. The highest BCUT2D eigenvalue weighted by molar-refractivity contribution is 6.08. The van der Waals surface area contributed by atoms with Crippen molar-refractivity contribution in [2.75, 3.05) is 0 Å². The van der Waals surface area contributed by atoms with Gasteiger partial charge in [0, 0.05) is 16.3 Å². The number of aromatic nitrogens is 1. The van der Waals surface area contributed by atoms with Crippen molar-refractivity contribution in [2.45, 2.75) is 59.3 Å². The molecular weight excluding hydrogens is 314 g/mol. The molecule has 0 bridgehead atoms. The summed E-state index contributed by atoms with van der Waals surface area (Å²) in [5, 5.41) is 2.73. The highest BCUT2D eigenvalue weighted by atomic mass is 14.7. The molecule has 1 heterocycles. The number of benzene rings is 2. The third-order valence-electron chi connectivity index (χ3n) is 7.19. The maximum atomic E-state index is 3.77. The van der Waals surface area contributed by atoms with E-state index < -0.39 is 0 Å². The van der Waals surface area contributed by atoms with E-state index >= 15 is 0 Å². The first-order valence-electron chi connectivity index (χ1n) is 10.4. The quantitative estimate of drug-likeness (QED) is 0.511. The molecule has 0 spiro atoms. The lowest BCUT2D eigenvalue weighted by Crippen LogP contribution is -2.44. The normalized spacial score (nSPS) is 29.7. The SMILES string of the molecule is CC(C)CC1CC(C)CC(C)C1(C)c1cccc2c1[nH]c1ccccc12. The molecule has 0 amide bonds.